The Bertz CT molecular complexity index is 456. The summed E-state index contributed by atoms with van der Waals surface area (Å²) in [6.07, 6.45) is 19.2. The molecule has 3 heteroatoms. The van der Waals surface area contributed by atoms with Crippen LogP contribution in [0.4, 0.5) is 0 Å². The van der Waals surface area contributed by atoms with E-state index in [9.17, 15) is 4.79 Å². The number of carbonyl (C=O) groups excluding carboxylic acids is 1. The van der Waals surface area contributed by atoms with Crippen molar-refractivity contribution in [2.45, 2.75) is 44.6 Å². The van der Waals surface area contributed by atoms with Crippen molar-refractivity contribution in [3.63, 3.8) is 0 Å². The molecule has 1 fully saturated rings. The highest BCUT2D eigenvalue weighted by Gasteiger charge is 2.37. The van der Waals surface area contributed by atoms with Gasteiger partial charge in [0.1, 0.15) is 6.10 Å². The quantitative estimate of drug-likeness (QED) is 0.317. The second kappa shape index (κ2) is 9.47. The van der Waals surface area contributed by atoms with Crippen LogP contribution in [0, 0.1) is 24.2 Å². The number of hydrogen-bond acceptors (Lipinski definition) is 2. The van der Waals surface area contributed by atoms with Crippen LogP contribution < -0.4 is 0 Å². The molecule has 0 radical (unpaired) electrons. The summed E-state index contributed by atoms with van der Waals surface area (Å²) in [6.45, 7) is 3.42. The number of esters is 1. The zero-order valence-electron chi connectivity index (χ0n) is 12.7. The zero-order valence-corrected chi connectivity index (χ0v) is 13.4. The Morgan fingerprint density at radius 1 is 1.48 bits per heavy atom. The normalized spacial score (nSPS) is 27.4. The third-order valence-corrected chi connectivity index (χ3v) is 4.19. The molecular weight excluding hydrogens is 284 g/mol. The van der Waals surface area contributed by atoms with Crippen molar-refractivity contribution < 1.29 is 9.53 Å². The lowest BCUT2D eigenvalue weighted by Gasteiger charge is -2.16. The van der Waals surface area contributed by atoms with Crippen LogP contribution in [0.5, 0.6) is 0 Å². The van der Waals surface area contributed by atoms with Gasteiger partial charge < -0.3 is 4.74 Å². The van der Waals surface area contributed by atoms with Gasteiger partial charge in [-0.05, 0) is 38.2 Å². The largest absolute Gasteiger partial charge is 0.462 e. The first kappa shape index (κ1) is 17.6. The first-order valence-corrected chi connectivity index (χ1v) is 7.74. The molecule has 0 aromatic heterocycles. The molecule has 4 unspecified atom stereocenters. The predicted octanol–water partition coefficient (Wildman–Crippen LogP) is 4.26. The van der Waals surface area contributed by atoms with E-state index in [1.807, 2.05) is 31.2 Å². The standard InChI is InChI=1S/C18H23ClO2/c1-4-6-8-10-15-12-16(13-18(15)21-14(3)20)17(19)11-9-7-5-2/h2,4,6-10,15-18H,11-13H2,1,3H3. The minimum Gasteiger partial charge on any atom is -0.462 e. The molecule has 0 N–H and O–H groups in total. The molecule has 0 aromatic rings. The number of ether oxygens (including phenoxy) is 1. The third-order valence-electron chi connectivity index (χ3n) is 3.65. The highest BCUT2D eigenvalue weighted by Crippen LogP contribution is 2.39. The number of hydrogen-bond donors (Lipinski definition) is 0. The van der Waals surface area contributed by atoms with Gasteiger partial charge in [-0.3, -0.25) is 4.79 Å². The van der Waals surface area contributed by atoms with Gasteiger partial charge in [0.05, 0.1) is 0 Å². The second-order valence-electron chi connectivity index (χ2n) is 5.27. The summed E-state index contributed by atoms with van der Waals surface area (Å²) in [5.41, 5.74) is 0. The van der Waals surface area contributed by atoms with Crippen molar-refractivity contribution in [1.29, 1.82) is 0 Å². The molecule has 21 heavy (non-hydrogen) atoms. The van der Waals surface area contributed by atoms with E-state index in [1.54, 1.807) is 6.08 Å². The van der Waals surface area contributed by atoms with E-state index in [1.165, 1.54) is 6.92 Å². The summed E-state index contributed by atoms with van der Waals surface area (Å²) in [6, 6.07) is 0. The van der Waals surface area contributed by atoms with Gasteiger partial charge >= 0.3 is 5.97 Å². The fraction of sp³-hybridized carbons (Fsp3) is 0.500. The van der Waals surface area contributed by atoms with Crippen molar-refractivity contribution in [2.24, 2.45) is 11.8 Å². The Morgan fingerprint density at radius 3 is 2.86 bits per heavy atom. The molecule has 0 aromatic carbocycles. The number of carbonyl (C=O) groups is 1. The molecule has 1 saturated carbocycles. The molecule has 0 heterocycles. The van der Waals surface area contributed by atoms with Gasteiger partial charge in [0.15, 0.2) is 0 Å². The fourth-order valence-corrected chi connectivity index (χ4v) is 3.00. The Balaban J connectivity index is 2.67. The van der Waals surface area contributed by atoms with Crippen molar-refractivity contribution in [3.05, 3.63) is 36.5 Å². The molecule has 114 valence electrons. The summed E-state index contributed by atoms with van der Waals surface area (Å²) in [7, 11) is 0. The van der Waals surface area contributed by atoms with Gasteiger partial charge in [-0.15, -0.1) is 18.0 Å². The highest BCUT2D eigenvalue weighted by atomic mass is 35.5. The molecule has 1 aliphatic carbocycles. The van der Waals surface area contributed by atoms with Crippen molar-refractivity contribution in [2.75, 3.05) is 0 Å². The van der Waals surface area contributed by atoms with Gasteiger partial charge in [-0.25, -0.2) is 0 Å². The first-order valence-electron chi connectivity index (χ1n) is 7.30. The molecule has 0 saturated heterocycles. The number of rotatable bonds is 6. The monoisotopic (exact) mass is 306 g/mol. The van der Waals surface area contributed by atoms with Crippen LogP contribution in [-0.2, 0) is 9.53 Å². The molecular formula is C18H23ClO2. The number of allylic oxidation sites excluding steroid dienone is 5. The zero-order chi connectivity index (χ0) is 15.7. The van der Waals surface area contributed by atoms with E-state index >= 15 is 0 Å². The van der Waals surface area contributed by atoms with Gasteiger partial charge in [0.2, 0.25) is 0 Å². The summed E-state index contributed by atoms with van der Waals surface area (Å²) in [5.74, 6) is 2.79. The van der Waals surface area contributed by atoms with E-state index in [2.05, 4.69) is 12.0 Å². The van der Waals surface area contributed by atoms with Crippen LogP contribution in [0.2, 0.25) is 0 Å². The molecule has 0 aliphatic heterocycles. The Kier molecular flexibility index (Phi) is 7.93. The van der Waals surface area contributed by atoms with E-state index in [0.29, 0.717) is 5.92 Å². The number of halogens is 1. The summed E-state index contributed by atoms with van der Waals surface area (Å²) < 4.78 is 5.44. The lowest BCUT2D eigenvalue weighted by atomic mass is 9.99. The Hall–Kier alpha value is -1.46. The van der Waals surface area contributed by atoms with Crippen LogP contribution in [0.3, 0.4) is 0 Å². The molecule has 1 rings (SSSR count). The van der Waals surface area contributed by atoms with E-state index in [0.717, 1.165) is 19.3 Å². The maximum Gasteiger partial charge on any atom is 0.302 e. The number of alkyl halides is 1. The summed E-state index contributed by atoms with van der Waals surface area (Å²) in [5, 5.41) is 0.0211. The Labute approximate surface area is 132 Å². The SMILES string of the molecule is C#CC=CCC(Cl)C1CC(C=CC=CC)C(OC(C)=O)C1. The molecule has 2 nitrogen and oxygen atoms in total. The first-order chi connectivity index (χ1) is 10.1. The maximum atomic E-state index is 11.2. The van der Waals surface area contributed by atoms with Crippen LogP contribution in [0.15, 0.2) is 36.5 Å². The Morgan fingerprint density at radius 2 is 2.24 bits per heavy atom. The lowest BCUT2D eigenvalue weighted by molar-refractivity contribution is -0.147. The van der Waals surface area contributed by atoms with Crippen LogP contribution >= 0.6 is 11.6 Å². The van der Waals surface area contributed by atoms with Crippen molar-refractivity contribution >= 4 is 17.6 Å². The van der Waals surface area contributed by atoms with Gasteiger partial charge in [0, 0.05) is 18.2 Å². The lowest BCUT2D eigenvalue weighted by Crippen LogP contribution is -2.19. The molecule has 0 bridgehead atoms. The van der Waals surface area contributed by atoms with Crippen molar-refractivity contribution in [3.8, 4) is 12.3 Å². The fourth-order valence-electron chi connectivity index (χ4n) is 2.69. The van der Waals surface area contributed by atoms with E-state index in [-0.39, 0.29) is 23.4 Å². The topological polar surface area (TPSA) is 26.3 Å². The van der Waals surface area contributed by atoms with E-state index in [4.69, 9.17) is 22.8 Å². The van der Waals surface area contributed by atoms with Gasteiger partial charge in [-0.1, -0.05) is 36.3 Å². The second-order valence-corrected chi connectivity index (χ2v) is 5.84. The summed E-state index contributed by atoms with van der Waals surface area (Å²) in [4.78, 5) is 11.2. The number of terminal acetylenes is 1. The highest BCUT2D eigenvalue weighted by molar-refractivity contribution is 6.20. The molecule has 4 atom stereocenters. The average Bonchev–Trinajstić information content (AvgIpc) is 2.82. The minimum absolute atomic E-state index is 0.0211. The van der Waals surface area contributed by atoms with Crippen LogP contribution in [-0.4, -0.2) is 17.5 Å². The third kappa shape index (κ3) is 6.23. The maximum absolute atomic E-state index is 11.2. The van der Waals surface area contributed by atoms with Crippen molar-refractivity contribution in [1.82, 2.24) is 0 Å². The van der Waals surface area contributed by atoms with Crippen LogP contribution in [0.25, 0.3) is 0 Å². The van der Waals surface area contributed by atoms with E-state index < -0.39 is 0 Å². The van der Waals surface area contributed by atoms with Gasteiger partial charge in [-0.2, -0.15) is 0 Å². The minimum atomic E-state index is -0.233. The van der Waals surface area contributed by atoms with Gasteiger partial charge in [0.25, 0.3) is 0 Å². The molecule has 0 spiro atoms. The molecule has 0 amide bonds. The van der Waals surface area contributed by atoms with Crippen LogP contribution in [0.1, 0.15) is 33.1 Å². The molecule has 1 aliphatic rings. The predicted molar refractivity (Wildman–Crippen MR) is 88.0 cm³/mol. The average molecular weight is 307 g/mol. The smallest absolute Gasteiger partial charge is 0.302 e. The summed E-state index contributed by atoms with van der Waals surface area (Å²) >= 11 is 6.45.